The Hall–Kier alpha value is -1.35. The highest BCUT2D eigenvalue weighted by Crippen LogP contribution is 2.13. The molecule has 1 aliphatic rings. The molecule has 2 unspecified atom stereocenters. The lowest BCUT2D eigenvalue weighted by Gasteiger charge is -2.19. The number of amides is 1. The minimum atomic E-state index is 0.0319. The van der Waals surface area contributed by atoms with Crippen molar-refractivity contribution in [3.05, 3.63) is 35.4 Å². The SMILES string of the molecule is Cc1ccc(C(=O)NC(C)C2CCNC2)cc1. The zero-order valence-electron chi connectivity index (χ0n) is 10.5. The van der Waals surface area contributed by atoms with Gasteiger partial charge in [0.15, 0.2) is 0 Å². The molecule has 1 heterocycles. The molecule has 1 fully saturated rings. The second kappa shape index (κ2) is 5.32. The third kappa shape index (κ3) is 3.07. The first kappa shape index (κ1) is 12.1. The van der Waals surface area contributed by atoms with E-state index in [0.29, 0.717) is 5.92 Å². The fourth-order valence-electron chi connectivity index (χ4n) is 2.22. The van der Waals surface area contributed by atoms with E-state index in [-0.39, 0.29) is 11.9 Å². The number of carbonyl (C=O) groups is 1. The first-order chi connectivity index (χ1) is 8.16. The van der Waals surface area contributed by atoms with Crippen molar-refractivity contribution in [1.82, 2.24) is 10.6 Å². The summed E-state index contributed by atoms with van der Waals surface area (Å²) >= 11 is 0. The Morgan fingerprint density at radius 2 is 2.12 bits per heavy atom. The van der Waals surface area contributed by atoms with Crippen LogP contribution in [0.1, 0.15) is 29.3 Å². The molecule has 2 atom stereocenters. The lowest BCUT2D eigenvalue weighted by Crippen LogP contribution is -2.38. The van der Waals surface area contributed by atoms with E-state index in [4.69, 9.17) is 0 Å². The molecular formula is C14H20N2O. The van der Waals surface area contributed by atoms with E-state index < -0.39 is 0 Å². The van der Waals surface area contributed by atoms with Gasteiger partial charge in [0, 0.05) is 11.6 Å². The summed E-state index contributed by atoms with van der Waals surface area (Å²) in [5.74, 6) is 0.591. The van der Waals surface area contributed by atoms with Crippen LogP contribution in [-0.4, -0.2) is 25.0 Å². The topological polar surface area (TPSA) is 41.1 Å². The van der Waals surface area contributed by atoms with E-state index in [2.05, 4.69) is 17.6 Å². The van der Waals surface area contributed by atoms with Crippen molar-refractivity contribution in [3.63, 3.8) is 0 Å². The summed E-state index contributed by atoms with van der Waals surface area (Å²) < 4.78 is 0. The zero-order chi connectivity index (χ0) is 12.3. The van der Waals surface area contributed by atoms with Gasteiger partial charge in [-0.2, -0.15) is 0 Å². The number of carbonyl (C=O) groups excluding carboxylic acids is 1. The van der Waals surface area contributed by atoms with E-state index >= 15 is 0 Å². The minimum absolute atomic E-state index is 0.0319. The average Bonchev–Trinajstić information content (AvgIpc) is 2.83. The van der Waals surface area contributed by atoms with Gasteiger partial charge < -0.3 is 10.6 Å². The highest BCUT2D eigenvalue weighted by atomic mass is 16.1. The summed E-state index contributed by atoms with van der Waals surface area (Å²) in [5.41, 5.74) is 1.92. The Morgan fingerprint density at radius 3 is 2.71 bits per heavy atom. The number of rotatable bonds is 3. The molecular weight excluding hydrogens is 212 g/mol. The third-order valence-electron chi connectivity index (χ3n) is 3.48. The minimum Gasteiger partial charge on any atom is -0.349 e. The fourth-order valence-corrected chi connectivity index (χ4v) is 2.22. The van der Waals surface area contributed by atoms with Crippen LogP contribution in [0, 0.1) is 12.8 Å². The molecule has 0 aromatic heterocycles. The first-order valence-electron chi connectivity index (χ1n) is 6.25. The van der Waals surface area contributed by atoms with Crippen LogP contribution < -0.4 is 10.6 Å². The van der Waals surface area contributed by atoms with Gasteiger partial charge >= 0.3 is 0 Å². The molecule has 3 heteroatoms. The average molecular weight is 232 g/mol. The van der Waals surface area contributed by atoms with Crippen molar-refractivity contribution in [2.24, 2.45) is 5.92 Å². The standard InChI is InChI=1S/C14H20N2O/c1-10-3-5-12(6-4-10)14(17)16-11(2)13-7-8-15-9-13/h3-6,11,13,15H,7-9H2,1-2H3,(H,16,17). The van der Waals surface area contributed by atoms with Gasteiger partial charge in [0.1, 0.15) is 0 Å². The Labute approximate surface area is 103 Å². The van der Waals surface area contributed by atoms with Crippen LogP contribution in [-0.2, 0) is 0 Å². The van der Waals surface area contributed by atoms with Gasteiger partial charge in [-0.25, -0.2) is 0 Å². The second-order valence-corrected chi connectivity index (χ2v) is 4.88. The Kier molecular flexibility index (Phi) is 3.79. The van der Waals surface area contributed by atoms with Crippen molar-refractivity contribution in [2.45, 2.75) is 26.3 Å². The summed E-state index contributed by atoms with van der Waals surface area (Å²) in [6, 6.07) is 7.93. The first-order valence-corrected chi connectivity index (χ1v) is 6.25. The maximum atomic E-state index is 12.0. The van der Waals surface area contributed by atoms with Crippen LogP contribution in [0.2, 0.25) is 0 Å². The number of hydrogen-bond donors (Lipinski definition) is 2. The Balaban J connectivity index is 1.94. The molecule has 1 aromatic rings. The molecule has 17 heavy (non-hydrogen) atoms. The molecule has 0 aliphatic carbocycles. The molecule has 0 saturated carbocycles. The fraction of sp³-hybridized carbons (Fsp3) is 0.500. The smallest absolute Gasteiger partial charge is 0.251 e. The van der Waals surface area contributed by atoms with E-state index in [9.17, 15) is 4.79 Å². The van der Waals surface area contributed by atoms with E-state index in [1.807, 2.05) is 31.2 Å². The highest BCUT2D eigenvalue weighted by molar-refractivity contribution is 5.94. The van der Waals surface area contributed by atoms with Crippen molar-refractivity contribution in [3.8, 4) is 0 Å². The van der Waals surface area contributed by atoms with Crippen molar-refractivity contribution in [2.75, 3.05) is 13.1 Å². The van der Waals surface area contributed by atoms with E-state index in [0.717, 1.165) is 25.1 Å². The summed E-state index contributed by atoms with van der Waals surface area (Å²) in [4.78, 5) is 12.0. The van der Waals surface area contributed by atoms with E-state index in [1.165, 1.54) is 5.56 Å². The van der Waals surface area contributed by atoms with Crippen LogP contribution in [0.5, 0.6) is 0 Å². The summed E-state index contributed by atoms with van der Waals surface area (Å²) in [7, 11) is 0. The van der Waals surface area contributed by atoms with E-state index in [1.54, 1.807) is 0 Å². The monoisotopic (exact) mass is 232 g/mol. The van der Waals surface area contributed by atoms with Gasteiger partial charge in [0.25, 0.3) is 5.91 Å². The van der Waals surface area contributed by atoms with Gasteiger partial charge in [0.05, 0.1) is 0 Å². The van der Waals surface area contributed by atoms with Crippen molar-refractivity contribution >= 4 is 5.91 Å². The third-order valence-corrected chi connectivity index (χ3v) is 3.48. The van der Waals surface area contributed by atoms with Crippen LogP contribution >= 0.6 is 0 Å². The lowest BCUT2D eigenvalue weighted by atomic mass is 10.00. The normalized spacial score (nSPS) is 21.2. The Morgan fingerprint density at radius 1 is 1.41 bits per heavy atom. The van der Waals surface area contributed by atoms with Crippen LogP contribution in [0.15, 0.2) is 24.3 Å². The summed E-state index contributed by atoms with van der Waals surface area (Å²) in [6.45, 7) is 6.18. The zero-order valence-corrected chi connectivity index (χ0v) is 10.5. The summed E-state index contributed by atoms with van der Waals surface area (Å²) in [5, 5.41) is 6.40. The second-order valence-electron chi connectivity index (χ2n) is 4.88. The largest absolute Gasteiger partial charge is 0.349 e. The molecule has 0 radical (unpaired) electrons. The number of aryl methyl sites for hydroxylation is 1. The summed E-state index contributed by atoms with van der Waals surface area (Å²) in [6.07, 6.45) is 1.15. The number of benzene rings is 1. The lowest BCUT2D eigenvalue weighted by molar-refractivity contribution is 0.0929. The molecule has 1 saturated heterocycles. The van der Waals surface area contributed by atoms with Crippen LogP contribution in [0.4, 0.5) is 0 Å². The highest BCUT2D eigenvalue weighted by Gasteiger charge is 2.22. The molecule has 2 rings (SSSR count). The van der Waals surface area contributed by atoms with Gasteiger partial charge in [-0.05, 0) is 51.4 Å². The predicted molar refractivity (Wildman–Crippen MR) is 69.1 cm³/mol. The molecule has 1 amide bonds. The molecule has 1 aliphatic heterocycles. The molecule has 0 bridgehead atoms. The predicted octanol–water partition coefficient (Wildman–Crippen LogP) is 1.72. The molecule has 92 valence electrons. The van der Waals surface area contributed by atoms with Gasteiger partial charge in [0.2, 0.25) is 0 Å². The molecule has 3 nitrogen and oxygen atoms in total. The van der Waals surface area contributed by atoms with Crippen molar-refractivity contribution < 1.29 is 4.79 Å². The van der Waals surface area contributed by atoms with Crippen LogP contribution in [0.3, 0.4) is 0 Å². The quantitative estimate of drug-likeness (QED) is 0.833. The Bertz CT molecular complexity index is 380. The number of nitrogens with one attached hydrogen (secondary N) is 2. The molecule has 2 N–H and O–H groups in total. The maximum Gasteiger partial charge on any atom is 0.251 e. The van der Waals surface area contributed by atoms with Gasteiger partial charge in [-0.15, -0.1) is 0 Å². The van der Waals surface area contributed by atoms with Gasteiger partial charge in [-0.3, -0.25) is 4.79 Å². The van der Waals surface area contributed by atoms with Crippen molar-refractivity contribution in [1.29, 1.82) is 0 Å². The maximum absolute atomic E-state index is 12.0. The molecule has 0 spiro atoms. The van der Waals surface area contributed by atoms with Crippen LogP contribution in [0.25, 0.3) is 0 Å². The van der Waals surface area contributed by atoms with Gasteiger partial charge in [-0.1, -0.05) is 17.7 Å². The number of hydrogen-bond acceptors (Lipinski definition) is 2. The molecule has 1 aromatic carbocycles.